The summed E-state index contributed by atoms with van der Waals surface area (Å²) >= 11 is 0. The van der Waals surface area contributed by atoms with Crippen molar-refractivity contribution in [3.63, 3.8) is 0 Å². The summed E-state index contributed by atoms with van der Waals surface area (Å²) in [5, 5.41) is 7.38. The fourth-order valence-electron chi connectivity index (χ4n) is 2.28. The molecule has 8 heteroatoms. The molecule has 0 radical (unpaired) electrons. The maximum absolute atomic E-state index is 14.0. The Morgan fingerprint density at radius 3 is 2.38 bits per heavy atom. The van der Waals surface area contributed by atoms with Gasteiger partial charge < -0.3 is 14.0 Å². The number of rotatable bonds is 4. The van der Waals surface area contributed by atoms with Crippen LogP contribution in [0.25, 0.3) is 0 Å². The zero-order valence-corrected chi connectivity index (χ0v) is 14.4. The molecule has 0 spiro atoms. The van der Waals surface area contributed by atoms with Gasteiger partial charge in [-0.15, -0.1) is 0 Å². The van der Waals surface area contributed by atoms with Crippen LogP contribution in [0.2, 0.25) is 0 Å². The van der Waals surface area contributed by atoms with Gasteiger partial charge in [0.15, 0.2) is 11.6 Å². The molecule has 6 nitrogen and oxygen atoms in total. The molecule has 0 aliphatic carbocycles. The second-order valence-electron chi connectivity index (χ2n) is 6.86. The van der Waals surface area contributed by atoms with E-state index >= 15 is 0 Å². The van der Waals surface area contributed by atoms with Crippen molar-refractivity contribution in [2.24, 2.45) is 0 Å². The van der Waals surface area contributed by atoms with Crippen LogP contribution in [0, 0.1) is 12.7 Å². The summed E-state index contributed by atoms with van der Waals surface area (Å²) in [7, 11) is -0.576. The molecule has 128 valence electrons. The first-order chi connectivity index (χ1) is 11.2. The normalized spacial score (nSPS) is 18.8. The number of hydrogen-bond acceptors (Lipinski definition) is 6. The Labute approximate surface area is 140 Å². The van der Waals surface area contributed by atoms with Crippen molar-refractivity contribution in [3.05, 3.63) is 35.4 Å². The number of aromatic nitrogens is 2. The Morgan fingerprint density at radius 2 is 1.79 bits per heavy atom. The van der Waals surface area contributed by atoms with Gasteiger partial charge in [-0.05, 0) is 52.2 Å². The van der Waals surface area contributed by atoms with Crippen LogP contribution in [-0.4, -0.2) is 28.6 Å². The zero-order chi connectivity index (χ0) is 17.5. The van der Waals surface area contributed by atoms with E-state index in [1.807, 2.05) is 27.7 Å². The van der Waals surface area contributed by atoms with E-state index in [9.17, 15) is 4.39 Å². The molecule has 24 heavy (non-hydrogen) atoms. The van der Waals surface area contributed by atoms with Crippen molar-refractivity contribution >= 4 is 12.6 Å². The van der Waals surface area contributed by atoms with Crippen molar-refractivity contribution in [3.8, 4) is 5.75 Å². The van der Waals surface area contributed by atoms with Gasteiger partial charge in [0.1, 0.15) is 18.0 Å². The Morgan fingerprint density at radius 1 is 1.12 bits per heavy atom. The number of halogens is 1. The lowest BCUT2D eigenvalue weighted by atomic mass is 9.79. The molecule has 2 aromatic rings. The highest BCUT2D eigenvalue weighted by Crippen LogP contribution is 2.36. The van der Waals surface area contributed by atoms with E-state index in [0.717, 1.165) is 0 Å². The summed E-state index contributed by atoms with van der Waals surface area (Å²) in [6.07, 6.45) is 0. The third-order valence-electron chi connectivity index (χ3n) is 4.59. The first-order valence-electron chi connectivity index (χ1n) is 7.75. The number of benzene rings is 1. The summed E-state index contributed by atoms with van der Waals surface area (Å²) in [5.74, 6) is -0.367. The van der Waals surface area contributed by atoms with Gasteiger partial charge in [-0.3, -0.25) is 0 Å². The highest BCUT2D eigenvalue weighted by molar-refractivity contribution is 6.62. The van der Waals surface area contributed by atoms with E-state index < -0.39 is 24.1 Å². The summed E-state index contributed by atoms with van der Waals surface area (Å²) in [6.45, 7) is 9.68. The summed E-state index contributed by atoms with van der Waals surface area (Å²) < 4.78 is 36.1. The molecule has 1 aliphatic heterocycles. The predicted molar refractivity (Wildman–Crippen MR) is 85.5 cm³/mol. The average Bonchev–Trinajstić information content (AvgIpc) is 2.99. The van der Waals surface area contributed by atoms with Gasteiger partial charge in [0.25, 0.3) is 0 Å². The van der Waals surface area contributed by atoms with Crippen LogP contribution >= 0.6 is 0 Å². The number of aryl methyl sites for hydroxylation is 1. The molecule has 0 amide bonds. The van der Waals surface area contributed by atoms with Crippen LogP contribution in [0.4, 0.5) is 4.39 Å². The Balaban J connectivity index is 1.78. The molecule has 0 unspecified atom stereocenters. The van der Waals surface area contributed by atoms with E-state index in [1.54, 1.807) is 19.1 Å². The topological polar surface area (TPSA) is 66.6 Å². The molecule has 1 aromatic heterocycles. The van der Waals surface area contributed by atoms with E-state index in [-0.39, 0.29) is 12.4 Å². The first kappa shape index (κ1) is 16.9. The van der Waals surface area contributed by atoms with Crippen LogP contribution in [0.1, 0.15) is 39.1 Å². The molecule has 2 heterocycles. The van der Waals surface area contributed by atoms with Crippen molar-refractivity contribution in [1.29, 1.82) is 0 Å². The highest BCUT2D eigenvalue weighted by atomic mass is 19.1. The van der Waals surface area contributed by atoms with Gasteiger partial charge in [0.2, 0.25) is 0 Å². The molecule has 1 aliphatic rings. The van der Waals surface area contributed by atoms with Crippen LogP contribution < -0.4 is 10.2 Å². The fourth-order valence-corrected chi connectivity index (χ4v) is 2.28. The highest BCUT2D eigenvalue weighted by Gasteiger charge is 2.51. The van der Waals surface area contributed by atoms with Crippen LogP contribution in [0.15, 0.2) is 22.8 Å². The van der Waals surface area contributed by atoms with Crippen molar-refractivity contribution in [1.82, 2.24) is 10.3 Å². The number of hydrogen-bond donors (Lipinski definition) is 0. The van der Waals surface area contributed by atoms with E-state index in [2.05, 4.69) is 14.9 Å². The lowest BCUT2D eigenvalue weighted by molar-refractivity contribution is 0.00578. The molecule has 0 N–H and O–H groups in total. The minimum Gasteiger partial charge on any atom is -0.484 e. The maximum Gasteiger partial charge on any atom is 0.494 e. The SMILES string of the molecule is Cc1nonc1COc1cc(B2OC(C)(C)C(C)(C)O2)ccc1F. The van der Waals surface area contributed by atoms with Gasteiger partial charge >= 0.3 is 7.12 Å². The van der Waals surface area contributed by atoms with Crippen molar-refractivity contribution < 1.29 is 23.1 Å². The predicted octanol–water partition coefficient (Wildman–Crippen LogP) is 2.40. The largest absolute Gasteiger partial charge is 0.494 e. The van der Waals surface area contributed by atoms with Gasteiger partial charge in [-0.1, -0.05) is 16.4 Å². The maximum atomic E-state index is 14.0. The van der Waals surface area contributed by atoms with Crippen LogP contribution in [-0.2, 0) is 15.9 Å². The standard InChI is InChI=1S/C16H20BFN2O4/c1-10-13(20-24-19-10)9-21-14-8-11(6-7-12(14)18)17-22-15(2,3)16(4,5)23-17/h6-8H,9H2,1-5H3. The fraction of sp³-hybridized carbons (Fsp3) is 0.500. The Hall–Kier alpha value is -1.93. The van der Waals surface area contributed by atoms with Crippen LogP contribution in [0.5, 0.6) is 5.75 Å². The zero-order valence-electron chi connectivity index (χ0n) is 14.4. The molecule has 3 rings (SSSR count). The summed E-state index contributed by atoms with van der Waals surface area (Å²) in [4.78, 5) is 0. The van der Waals surface area contributed by atoms with Gasteiger partial charge in [0, 0.05) is 0 Å². The van der Waals surface area contributed by atoms with E-state index in [4.69, 9.17) is 14.0 Å². The molecule has 0 bridgehead atoms. The Kier molecular flexibility index (Phi) is 4.13. The van der Waals surface area contributed by atoms with Crippen molar-refractivity contribution in [2.45, 2.75) is 52.4 Å². The monoisotopic (exact) mass is 334 g/mol. The Bertz CT molecular complexity index is 731. The molecule has 1 aromatic carbocycles. The minimum absolute atomic E-state index is 0.0685. The smallest absolute Gasteiger partial charge is 0.484 e. The third kappa shape index (κ3) is 3.03. The van der Waals surface area contributed by atoms with Gasteiger partial charge in [0.05, 0.1) is 11.2 Å². The summed E-state index contributed by atoms with van der Waals surface area (Å²) in [5.41, 5.74) is 0.903. The second-order valence-corrected chi connectivity index (χ2v) is 6.86. The molecule has 0 atom stereocenters. The quantitative estimate of drug-likeness (QED) is 0.800. The molecule has 1 fully saturated rings. The minimum atomic E-state index is -0.576. The first-order valence-corrected chi connectivity index (χ1v) is 7.75. The lowest BCUT2D eigenvalue weighted by Crippen LogP contribution is -2.41. The van der Waals surface area contributed by atoms with E-state index in [1.165, 1.54) is 6.07 Å². The molecular formula is C16H20BFN2O4. The lowest BCUT2D eigenvalue weighted by Gasteiger charge is -2.32. The molecule has 0 saturated carbocycles. The molecular weight excluding hydrogens is 314 g/mol. The second kappa shape index (κ2) is 5.86. The summed E-state index contributed by atoms with van der Waals surface area (Å²) in [6, 6.07) is 4.55. The number of nitrogens with zero attached hydrogens (tertiary/aromatic N) is 2. The molecule has 1 saturated heterocycles. The van der Waals surface area contributed by atoms with E-state index in [0.29, 0.717) is 16.9 Å². The van der Waals surface area contributed by atoms with Gasteiger partial charge in [-0.2, -0.15) is 0 Å². The van der Waals surface area contributed by atoms with Crippen molar-refractivity contribution in [2.75, 3.05) is 0 Å². The van der Waals surface area contributed by atoms with Gasteiger partial charge in [-0.25, -0.2) is 9.02 Å². The average molecular weight is 334 g/mol. The number of ether oxygens (including phenoxy) is 1. The van der Waals surface area contributed by atoms with Crippen LogP contribution in [0.3, 0.4) is 0 Å². The third-order valence-corrected chi connectivity index (χ3v) is 4.59.